The van der Waals surface area contributed by atoms with Gasteiger partial charge in [0, 0.05) is 23.4 Å². The Morgan fingerprint density at radius 1 is 0.833 bits per heavy atom. The third-order valence-electron chi connectivity index (χ3n) is 6.24. The molecule has 2 N–H and O–H groups in total. The van der Waals surface area contributed by atoms with E-state index in [1.807, 2.05) is 0 Å². The molecule has 0 spiro atoms. The van der Waals surface area contributed by atoms with Crippen LogP contribution in [0.5, 0.6) is 5.75 Å². The Hall–Kier alpha value is -4.46. The van der Waals surface area contributed by atoms with Crippen molar-refractivity contribution in [3.05, 3.63) is 122 Å². The van der Waals surface area contributed by atoms with Gasteiger partial charge in [-0.3, -0.25) is 13.9 Å². The fourth-order valence-corrected chi connectivity index (χ4v) is 4.26. The zero-order valence-electron chi connectivity index (χ0n) is 21.3. The Kier molecular flexibility index (Phi) is 8.57. The van der Waals surface area contributed by atoms with Gasteiger partial charge in [-0.25, -0.2) is 13.6 Å². The Labute approximate surface area is 232 Å². The minimum Gasteiger partial charge on any atom is -0.481 e. The lowest BCUT2D eigenvalue weighted by molar-refractivity contribution is -0.153. The van der Waals surface area contributed by atoms with Crippen LogP contribution in [0.15, 0.2) is 82.5 Å². The fourth-order valence-electron chi connectivity index (χ4n) is 4.26. The number of nitrogens with zero attached hydrogens (tertiary/aromatic N) is 2. The maximum atomic E-state index is 15.4. The summed E-state index contributed by atoms with van der Waals surface area (Å²) < 4.78 is 115. The van der Waals surface area contributed by atoms with E-state index in [1.54, 1.807) is 30.3 Å². The summed E-state index contributed by atoms with van der Waals surface area (Å²) in [6.45, 7) is -3.40. The van der Waals surface area contributed by atoms with Crippen LogP contribution in [-0.2, 0) is 19.3 Å². The molecular weight excluding hydrogens is 578 g/mol. The molecule has 0 aliphatic carbocycles. The Bertz CT molecular complexity index is 1700. The summed E-state index contributed by atoms with van der Waals surface area (Å²) in [6.07, 6.45) is -9.11. The number of hydrogen-bond acceptors (Lipinski definition) is 4. The summed E-state index contributed by atoms with van der Waals surface area (Å²) in [4.78, 5) is 26.9. The van der Waals surface area contributed by atoms with Gasteiger partial charge in [-0.15, -0.1) is 0 Å². The number of rotatable bonds is 8. The summed E-state index contributed by atoms with van der Waals surface area (Å²) in [7, 11) is 0. The third kappa shape index (κ3) is 6.70. The quantitative estimate of drug-likeness (QED) is 0.265. The van der Waals surface area contributed by atoms with E-state index in [4.69, 9.17) is 5.73 Å². The van der Waals surface area contributed by atoms with Gasteiger partial charge in [0.1, 0.15) is 5.82 Å². The summed E-state index contributed by atoms with van der Waals surface area (Å²) >= 11 is 0. The van der Waals surface area contributed by atoms with Gasteiger partial charge in [0.25, 0.3) is 5.56 Å². The number of hydrogen-bond donors (Lipinski definition) is 1. The van der Waals surface area contributed by atoms with Crippen LogP contribution in [0.25, 0.3) is 11.1 Å². The molecule has 3 aromatic carbocycles. The van der Waals surface area contributed by atoms with Gasteiger partial charge in [-0.1, -0.05) is 48.5 Å². The van der Waals surface area contributed by atoms with Gasteiger partial charge in [-0.05, 0) is 23.8 Å². The first-order valence-electron chi connectivity index (χ1n) is 12.1. The van der Waals surface area contributed by atoms with E-state index in [2.05, 4.69) is 4.74 Å². The van der Waals surface area contributed by atoms with Crippen LogP contribution in [0.1, 0.15) is 22.7 Å². The average molecular weight is 599 g/mol. The van der Waals surface area contributed by atoms with Crippen LogP contribution in [0, 0.1) is 11.6 Å². The van der Waals surface area contributed by atoms with E-state index in [-0.39, 0.29) is 0 Å². The second-order valence-electron chi connectivity index (χ2n) is 9.17. The van der Waals surface area contributed by atoms with E-state index < -0.39 is 89.0 Å². The summed E-state index contributed by atoms with van der Waals surface area (Å²) in [5, 5.41) is 0. The molecule has 0 aliphatic rings. The summed E-state index contributed by atoms with van der Waals surface area (Å²) in [5.74, 6) is -3.57. The second kappa shape index (κ2) is 11.8. The molecule has 0 bridgehead atoms. The Balaban J connectivity index is 1.91. The SMILES string of the molecule is N[C@@H](Cn1c(=O)c(-c2cccc(OCC(F)(F)F)c2F)cn(Cc2c(F)cccc2C(F)(F)F)c1=O)c1ccccc1. The molecule has 0 amide bonds. The number of ether oxygens (including phenoxy) is 1. The molecular formula is C28H21F8N3O3. The normalized spacial score (nSPS) is 12.8. The molecule has 4 aromatic rings. The first-order valence-corrected chi connectivity index (χ1v) is 12.1. The number of nitrogens with two attached hydrogens (primary N) is 1. The van der Waals surface area contributed by atoms with Crippen LogP contribution < -0.4 is 21.7 Å². The zero-order valence-corrected chi connectivity index (χ0v) is 21.3. The fraction of sp³-hybridized carbons (Fsp3) is 0.214. The molecule has 222 valence electrons. The minimum atomic E-state index is -5.01. The topological polar surface area (TPSA) is 79.2 Å². The molecule has 0 saturated heterocycles. The predicted molar refractivity (Wildman–Crippen MR) is 136 cm³/mol. The van der Waals surface area contributed by atoms with E-state index in [0.29, 0.717) is 27.0 Å². The molecule has 1 aromatic heterocycles. The standard InChI is InChI=1S/C28H21F8N3O3/c29-21-10-5-9-20(28(34,35)36)19(21)13-38-12-18(17-8-4-11-23(24(17)30)42-15-27(31,32)33)25(40)39(26(38)41)14-22(37)16-6-2-1-3-7-16/h1-12,22H,13-15,37H2/t22-/m0/s1. The van der Waals surface area contributed by atoms with Gasteiger partial charge in [0.15, 0.2) is 18.2 Å². The predicted octanol–water partition coefficient (Wildman–Crippen LogP) is 5.66. The largest absolute Gasteiger partial charge is 0.481 e. The third-order valence-corrected chi connectivity index (χ3v) is 6.24. The molecule has 4 rings (SSSR count). The average Bonchev–Trinajstić information content (AvgIpc) is 2.92. The van der Waals surface area contributed by atoms with Crippen LogP contribution in [0.2, 0.25) is 0 Å². The van der Waals surface area contributed by atoms with Crippen molar-refractivity contribution in [2.24, 2.45) is 5.73 Å². The molecule has 1 heterocycles. The highest BCUT2D eigenvalue weighted by molar-refractivity contribution is 5.64. The first kappa shape index (κ1) is 30.5. The number of benzene rings is 3. The van der Waals surface area contributed by atoms with E-state index >= 15 is 4.39 Å². The summed E-state index contributed by atoms with van der Waals surface area (Å²) in [5.41, 5.74) is 0.785. The molecule has 42 heavy (non-hydrogen) atoms. The molecule has 0 aliphatic heterocycles. The van der Waals surface area contributed by atoms with Gasteiger partial charge in [0.05, 0.1) is 24.2 Å². The zero-order chi connectivity index (χ0) is 30.8. The lowest BCUT2D eigenvalue weighted by atomic mass is 10.0. The Morgan fingerprint density at radius 3 is 2.14 bits per heavy atom. The van der Waals surface area contributed by atoms with Crippen molar-refractivity contribution in [2.75, 3.05) is 6.61 Å². The van der Waals surface area contributed by atoms with Crippen molar-refractivity contribution >= 4 is 0 Å². The van der Waals surface area contributed by atoms with Gasteiger partial charge >= 0.3 is 18.0 Å². The van der Waals surface area contributed by atoms with Crippen molar-refractivity contribution in [3.63, 3.8) is 0 Å². The van der Waals surface area contributed by atoms with E-state index in [0.717, 1.165) is 30.3 Å². The number of aromatic nitrogens is 2. The lowest BCUT2D eigenvalue weighted by Gasteiger charge is -2.19. The molecule has 0 fully saturated rings. The Morgan fingerprint density at radius 2 is 1.50 bits per heavy atom. The molecule has 1 atom stereocenters. The van der Waals surface area contributed by atoms with Crippen molar-refractivity contribution in [1.29, 1.82) is 0 Å². The monoisotopic (exact) mass is 599 g/mol. The molecule has 14 heteroatoms. The van der Waals surface area contributed by atoms with Crippen molar-refractivity contribution < 1.29 is 39.9 Å². The van der Waals surface area contributed by atoms with Crippen LogP contribution in [0.4, 0.5) is 35.1 Å². The first-order chi connectivity index (χ1) is 19.7. The highest BCUT2D eigenvalue weighted by Crippen LogP contribution is 2.34. The highest BCUT2D eigenvalue weighted by Gasteiger charge is 2.35. The molecule has 0 radical (unpaired) electrons. The minimum absolute atomic E-state index is 0.475. The molecule has 0 saturated carbocycles. The van der Waals surface area contributed by atoms with Crippen LogP contribution in [0.3, 0.4) is 0 Å². The summed E-state index contributed by atoms with van der Waals surface area (Å²) in [6, 6.07) is 12.3. The van der Waals surface area contributed by atoms with Gasteiger partial charge in [0.2, 0.25) is 0 Å². The van der Waals surface area contributed by atoms with Crippen LogP contribution in [-0.4, -0.2) is 21.9 Å². The van der Waals surface area contributed by atoms with Crippen molar-refractivity contribution in [2.45, 2.75) is 31.5 Å². The molecule has 6 nitrogen and oxygen atoms in total. The molecule has 0 unspecified atom stereocenters. The smallest absolute Gasteiger partial charge is 0.422 e. The van der Waals surface area contributed by atoms with Gasteiger partial charge < -0.3 is 10.5 Å². The van der Waals surface area contributed by atoms with Crippen molar-refractivity contribution in [3.8, 4) is 16.9 Å². The van der Waals surface area contributed by atoms with E-state index in [1.165, 1.54) is 0 Å². The lowest BCUT2D eigenvalue weighted by Crippen LogP contribution is -2.43. The second-order valence-corrected chi connectivity index (χ2v) is 9.17. The van der Waals surface area contributed by atoms with E-state index in [9.17, 15) is 40.3 Å². The highest BCUT2D eigenvalue weighted by atomic mass is 19.4. The van der Waals surface area contributed by atoms with Gasteiger partial charge in [-0.2, -0.15) is 26.3 Å². The number of alkyl halides is 6. The maximum absolute atomic E-state index is 15.4. The maximum Gasteiger partial charge on any atom is 0.422 e. The van der Waals surface area contributed by atoms with Crippen LogP contribution >= 0.6 is 0 Å². The number of halogens is 8. The van der Waals surface area contributed by atoms with Crippen molar-refractivity contribution in [1.82, 2.24) is 9.13 Å².